The molecular weight excluding hydrogens is 333 g/mol. The number of aromatic amines is 1. The van der Waals surface area contributed by atoms with Crippen LogP contribution in [0.3, 0.4) is 0 Å². The smallest absolute Gasteiger partial charge is 0.394 e. The van der Waals surface area contributed by atoms with Crippen LogP contribution < -0.4 is 5.56 Å². The Balaban J connectivity index is 2.05. The Labute approximate surface area is 132 Å². The van der Waals surface area contributed by atoms with Crippen molar-refractivity contribution in [3.05, 3.63) is 39.8 Å². The van der Waals surface area contributed by atoms with Crippen molar-refractivity contribution in [1.29, 1.82) is 0 Å². The van der Waals surface area contributed by atoms with Gasteiger partial charge in [-0.25, -0.2) is 4.98 Å². The molecule has 0 spiro atoms. The van der Waals surface area contributed by atoms with Gasteiger partial charge in [0, 0.05) is 10.9 Å². The summed E-state index contributed by atoms with van der Waals surface area (Å²) in [5, 5.41) is 29.0. The Morgan fingerprint density at radius 1 is 1.25 bits per heavy atom. The SMILES string of the molecule is O=c1[nH]c2nc(C(F)(F)F)ccc2cc1C1OC(CO)C(O)C1O. The number of fused-ring (bicyclic) bond motifs is 1. The number of aromatic nitrogens is 2. The number of H-pyrrole nitrogens is 1. The second-order valence-corrected chi connectivity index (χ2v) is 5.44. The molecule has 24 heavy (non-hydrogen) atoms. The van der Waals surface area contributed by atoms with Gasteiger partial charge in [0.1, 0.15) is 35.8 Å². The lowest BCUT2D eigenvalue weighted by molar-refractivity contribution is -0.141. The molecule has 130 valence electrons. The van der Waals surface area contributed by atoms with Gasteiger partial charge in [-0.1, -0.05) is 0 Å². The van der Waals surface area contributed by atoms with Gasteiger partial charge < -0.3 is 25.0 Å². The lowest BCUT2D eigenvalue weighted by Gasteiger charge is -2.15. The Morgan fingerprint density at radius 2 is 1.96 bits per heavy atom. The zero-order valence-electron chi connectivity index (χ0n) is 12.0. The number of hydrogen-bond donors (Lipinski definition) is 4. The van der Waals surface area contributed by atoms with E-state index in [4.69, 9.17) is 9.84 Å². The maximum absolute atomic E-state index is 12.7. The summed E-state index contributed by atoms with van der Waals surface area (Å²) in [6.45, 7) is -0.559. The molecule has 2 aromatic rings. The summed E-state index contributed by atoms with van der Waals surface area (Å²) in [7, 11) is 0. The lowest BCUT2D eigenvalue weighted by Crippen LogP contribution is -2.33. The van der Waals surface area contributed by atoms with Gasteiger partial charge in [0.2, 0.25) is 0 Å². The largest absolute Gasteiger partial charge is 0.433 e. The molecule has 0 aliphatic carbocycles. The van der Waals surface area contributed by atoms with Crippen molar-refractivity contribution >= 4 is 11.0 Å². The molecule has 3 heterocycles. The van der Waals surface area contributed by atoms with Crippen molar-refractivity contribution in [2.24, 2.45) is 0 Å². The van der Waals surface area contributed by atoms with Crippen LogP contribution in [-0.4, -0.2) is 50.2 Å². The Kier molecular flexibility index (Phi) is 4.08. The summed E-state index contributed by atoms with van der Waals surface area (Å²) in [6.07, 6.45) is -9.77. The lowest BCUT2D eigenvalue weighted by atomic mass is 10.0. The molecule has 1 fully saturated rings. The molecule has 2 aromatic heterocycles. The molecule has 0 bridgehead atoms. The molecular formula is C14H13F3N2O5. The number of ether oxygens (including phenoxy) is 1. The molecule has 0 radical (unpaired) electrons. The van der Waals surface area contributed by atoms with Crippen LogP contribution in [0.25, 0.3) is 11.0 Å². The standard InChI is InChI=1S/C14H13F3N2O5/c15-14(16,17)8-2-1-5-3-6(13(23)19-12(5)18-8)11-10(22)9(21)7(4-20)24-11/h1-3,7,9-11,20-22H,4H2,(H,18,19,23). The molecule has 0 amide bonds. The van der Waals surface area contributed by atoms with Gasteiger partial charge in [-0.3, -0.25) is 4.79 Å². The van der Waals surface area contributed by atoms with E-state index in [1.54, 1.807) is 0 Å². The number of pyridine rings is 2. The van der Waals surface area contributed by atoms with E-state index in [2.05, 4.69) is 9.97 Å². The van der Waals surface area contributed by atoms with Gasteiger partial charge in [-0.15, -0.1) is 0 Å². The third kappa shape index (κ3) is 2.77. The number of halogens is 3. The highest BCUT2D eigenvalue weighted by Gasteiger charge is 2.44. The fourth-order valence-electron chi connectivity index (χ4n) is 2.63. The van der Waals surface area contributed by atoms with Crippen LogP contribution in [0.1, 0.15) is 17.4 Å². The van der Waals surface area contributed by atoms with Crippen molar-refractivity contribution in [3.8, 4) is 0 Å². The van der Waals surface area contributed by atoms with Gasteiger partial charge >= 0.3 is 6.18 Å². The van der Waals surface area contributed by atoms with E-state index < -0.39 is 48.5 Å². The Hall–Kier alpha value is -2.01. The number of hydrogen-bond acceptors (Lipinski definition) is 6. The van der Waals surface area contributed by atoms with E-state index in [0.29, 0.717) is 0 Å². The van der Waals surface area contributed by atoms with Crippen LogP contribution >= 0.6 is 0 Å². The fourth-order valence-corrected chi connectivity index (χ4v) is 2.63. The number of aliphatic hydroxyl groups is 3. The second kappa shape index (κ2) is 5.81. The van der Waals surface area contributed by atoms with Gasteiger partial charge in [-0.2, -0.15) is 13.2 Å². The number of aliphatic hydroxyl groups excluding tert-OH is 3. The maximum Gasteiger partial charge on any atom is 0.433 e. The minimum Gasteiger partial charge on any atom is -0.394 e. The molecule has 4 atom stereocenters. The van der Waals surface area contributed by atoms with Gasteiger partial charge in [-0.05, 0) is 18.2 Å². The van der Waals surface area contributed by atoms with Gasteiger partial charge in [0.25, 0.3) is 5.56 Å². The molecule has 1 aliphatic rings. The molecule has 0 aromatic carbocycles. The average Bonchev–Trinajstić information content (AvgIpc) is 2.80. The third-order valence-electron chi connectivity index (χ3n) is 3.87. The number of alkyl halides is 3. The van der Waals surface area contributed by atoms with Crippen LogP contribution in [0.2, 0.25) is 0 Å². The normalized spacial score (nSPS) is 27.8. The predicted octanol–water partition coefficient (Wildman–Crippen LogP) is 0.0959. The highest BCUT2D eigenvalue weighted by atomic mass is 19.4. The summed E-state index contributed by atoms with van der Waals surface area (Å²) >= 11 is 0. The van der Waals surface area contributed by atoms with Crippen LogP contribution in [-0.2, 0) is 10.9 Å². The quantitative estimate of drug-likeness (QED) is 0.613. The summed E-state index contributed by atoms with van der Waals surface area (Å²) in [5.41, 5.74) is -2.28. The van der Waals surface area contributed by atoms with E-state index in [1.165, 1.54) is 6.07 Å². The zero-order chi connectivity index (χ0) is 17.6. The van der Waals surface area contributed by atoms with Crippen LogP contribution in [0.15, 0.2) is 23.0 Å². The molecule has 0 saturated carbocycles. The van der Waals surface area contributed by atoms with Gasteiger partial charge in [0.05, 0.1) is 6.61 Å². The van der Waals surface area contributed by atoms with Crippen molar-refractivity contribution < 1.29 is 33.2 Å². The minimum absolute atomic E-state index is 0.0773. The predicted molar refractivity (Wildman–Crippen MR) is 74.1 cm³/mol. The topological polar surface area (TPSA) is 116 Å². The minimum atomic E-state index is -4.65. The molecule has 1 saturated heterocycles. The number of nitrogens with one attached hydrogen (secondary N) is 1. The third-order valence-corrected chi connectivity index (χ3v) is 3.87. The van der Waals surface area contributed by atoms with Crippen molar-refractivity contribution in [1.82, 2.24) is 9.97 Å². The van der Waals surface area contributed by atoms with E-state index in [1.807, 2.05) is 0 Å². The first-order chi connectivity index (χ1) is 11.2. The van der Waals surface area contributed by atoms with Gasteiger partial charge in [0.15, 0.2) is 0 Å². The van der Waals surface area contributed by atoms with Crippen molar-refractivity contribution in [3.63, 3.8) is 0 Å². The van der Waals surface area contributed by atoms with Crippen molar-refractivity contribution in [2.45, 2.75) is 30.6 Å². The molecule has 10 heteroatoms. The second-order valence-electron chi connectivity index (χ2n) is 5.44. The van der Waals surface area contributed by atoms with E-state index in [9.17, 15) is 28.2 Å². The first-order valence-corrected chi connectivity index (χ1v) is 6.96. The molecule has 4 N–H and O–H groups in total. The first kappa shape index (κ1) is 16.8. The Morgan fingerprint density at radius 3 is 2.54 bits per heavy atom. The van der Waals surface area contributed by atoms with Crippen LogP contribution in [0, 0.1) is 0 Å². The first-order valence-electron chi connectivity index (χ1n) is 6.96. The summed E-state index contributed by atoms with van der Waals surface area (Å²) in [5.74, 6) is 0. The maximum atomic E-state index is 12.7. The van der Waals surface area contributed by atoms with Crippen LogP contribution in [0.5, 0.6) is 0 Å². The fraction of sp³-hybridized carbons (Fsp3) is 0.429. The summed E-state index contributed by atoms with van der Waals surface area (Å²) in [6, 6.07) is 3.13. The van der Waals surface area contributed by atoms with Crippen LogP contribution in [0.4, 0.5) is 13.2 Å². The van der Waals surface area contributed by atoms with E-state index in [0.717, 1.165) is 12.1 Å². The monoisotopic (exact) mass is 346 g/mol. The number of rotatable bonds is 2. The molecule has 3 rings (SSSR count). The highest BCUT2D eigenvalue weighted by Crippen LogP contribution is 2.33. The van der Waals surface area contributed by atoms with E-state index >= 15 is 0 Å². The molecule has 4 unspecified atom stereocenters. The summed E-state index contributed by atoms with van der Waals surface area (Å²) < 4.78 is 43.2. The zero-order valence-corrected chi connectivity index (χ0v) is 12.0. The molecule has 1 aliphatic heterocycles. The summed E-state index contributed by atoms with van der Waals surface area (Å²) in [4.78, 5) is 17.7. The highest BCUT2D eigenvalue weighted by molar-refractivity contribution is 5.75. The van der Waals surface area contributed by atoms with Crippen molar-refractivity contribution in [2.75, 3.05) is 6.61 Å². The molecule has 7 nitrogen and oxygen atoms in total. The Bertz CT molecular complexity index is 822. The van der Waals surface area contributed by atoms with E-state index in [-0.39, 0.29) is 16.6 Å². The average molecular weight is 346 g/mol. The number of nitrogens with zero attached hydrogens (tertiary/aromatic N) is 1.